The number of aldehydes is 1. The first-order chi connectivity index (χ1) is 10.1. The highest BCUT2D eigenvalue weighted by molar-refractivity contribution is 6.27. The van der Waals surface area contributed by atoms with Crippen molar-refractivity contribution in [2.45, 2.75) is 24.7 Å². The number of benzene rings is 1. The Balaban J connectivity index is 2.37. The summed E-state index contributed by atoms with van der Waals surface area (Å²) in [5.74, 6) is 0.556. The third-order valence-corrected chi connectivity index (χ3v) is 4.43. The SMILES string of the molecule is COc1ccc2c(c1)CCCC2(C=O)CN(C)C(=O)CCl. The highest BCUT2D eigenvalue weighted by Gasteiger charge is 2.38. The largest absolute Gasteiger partial charge is 0.497 e. The molecule has 1 amide bonds. The van der Waals surface area contributed by atoms with E-state index >= 15 is 0 Å². The van der Waals surface area contributed by atoms with Gasteiger partial charge in [0.15, 0.2) is 0 Å². The van der Waals surface area contributed by atoms with Crippen molar-refractivity contribution in [3.63, 3.8) is 0 Å². The van der Waals surface area contributed by atoms with E-state index in [9.17, 15) is 9.59 Å². The number of halogens is 1. The Kier molecular flexibility index (Phi) is 4.88. The molecule has 0 aliphatic heterocycles. The molecule has 0 fully saturated rings. The molecule has 0 saturated carbocycles. The molecule has 1 atom stereocenters. The van der Waals surface area contributed by atoms with Crippen molar-refractivity contribution < 1.29 is 14.3 Å². The quantitative estimate of drug-likeness (QED) is 0.618. The third kappa shape index (κ3) is 3.05. The van der Waals surface area contributed by atoms with Gasteiger partial charge in [-0.1, -0.05) is 6.07 Å². The average Bonchev–Trinajstić information content (AvgIpc) is 2.53. The summed E-state index contributed by atoms with van der Waals surface area (Å²) >= 11 is 5.60. The predicted octanol–water partition coefficient (Wildman–Crippen LogP) is 2.17. The molecule has 4 nitrogen and oxygen atoms in total. The number of aryl methyl sites for hydroxylation is 1. The number of likely N-dealkylation sites (N-methyl/N-ethyl adjacent to an activating group) is 1. The maximum atomic E-state index is 11.8. The van der Waals surface area contributed by atoms with E-state index in [0.29, 0.717) is 6.54 Å². The van der Waals surface area contributed by atoms with Gasteiger partial charge >= 0.3 is 0 Å². The zero-order valence-electron chi connectivity index (χ0n) is 12.4. The van der Waals surface area contributed by atoms with E-state index in [1.165, 1.54) is 0 Å². The minimum Gasteiger partial charge on any atom is -0.497 e. The maximum Gasteiger partial charge on any atom is 0.237 e. The topological polar surface area (TPSA) is 46.6 Å². The number of alkyl halides is 1. The number of hydrogen-bond donors (Lipinski definition) is 0. The second-order valence-corrected chi connectivity index (χ2v) is 5.80. The molecule has 1 aliphatic rings. The number of carbonyl (C=O) groups is 2. The number of fused-ring (bicyclic) bond motifs is 1. The van der Waals surface area contributed by atoms with Gasteiger partial charge in [0.2, 0.25) is 5.91 Å². The standard InChI is InChI=1S/C16H20ClNO3/c1-18(15(20)9-17)10-16(11-19)7-3-4-12-8-13(21-2)5-6-14(12)16/h5-6,8,11H,3-4,7,9-10H2,1-2H3. The van der Waals surface area contributed by atoms with Crippen LogP contribution in [0, 0.1) is 0 Å². The van der Waals surface area contributed by atoms with Gasteiger partial charge in [-0.2, -0.15) is 0 Å². The molecule has 1 aromatic carbocycles. The molecule has 1 unspecified atom stereocenters. The fraction of sp³-hybridized carbons (Fsp3) is 0.500. The number of hydrogen-bond acceptors (Lipinski definition) is 3. The molecule has 0 aromatic heterocycles. The Morgan fingerprint density at radius 2 is 2.29 bits per heavy atom. The van der Waals surface area contributed by atoms with Crippen LogP contribution in [0.1, 0.15) is 24.0 Å². The minimum absolute atomic E-state index is 0.0685. The van der Waals surface area contributed by atoms with Gasteiger partial charge < -0.3 is 14.4 Å². The van der Waals surface area contributed by atoms with Crippen molar-refractivity contribution in [3.8, 4) is 5.75 Å². The lowest BCUT2D eigenvalue weighted by Gasteiger charge is -2.37. The van der Waals surface area contributed by atoms with Gasteiger partial charge in [0, 0.05) is 13.6 Å². The first-order valence-corrected chi connectivity index (χ1v) is 7.53. The fourth-order valence-electron chi connectivity index (χ4n) is 3.06. The number of amides is 1. The Hall–Kier alpha value is -1.55. The molecule has 0 heterocycles. The molecule has 0 radical (unpaired) electrons. The molecular weight excluding hydrogens is 290 g/mol. The zero-order valence-corrected chi connectivity index (χ0v) is 13.2. The summed E-state index contributed by atoms with van der Waals surface area (Å²) in [5, 5.41) is 0. The summed E-state index contributed by atoms with van der Waals surface area (Å²) in [6, 6.07) is 5.79. The van der Waals surface area contributed by atoms with Crippen molar-refractivity contribution in [2.24, 2.45) is 0 Å². The minimum atomic E-state index is -0.643. The van der Waals surface area contributed by atoms with Gasteiger partial charge in [0.05, 0.1) is 12.5 Å². The smallest absolute Gasteiger partial charge is 0.237 e. The van der Waals surface area contributed by atoms with Crippen molar-refractivity contribution >= 4 is 23.8 Å². The van der Waals surface area contributed by atoms with Gasteiger partial charge in [-0.05, 0) is 42.5 Å². The van der Waals surface area contributed by atoms with Crippen molar-refractivity contribution in [3.05, 3.63) is 29.3 Å². The fourth-order valence-corrected chi connectivity index (χ4v) is 3.26. The van der Waals surface area contributed by atoms with Crippen LogP contribution in [0.4, 0.5) is 0 Å². The van der Waals surface area contributed by atoms with E-state index in [1.807, 2.05) is 18.2 Å². The summed E-state index contributed by atoms with van der Waals surface area (Å²) in [6.45, 7) is 0.362. The number of nitrogens with zero attached hydrogens (tertiary/aromatic N) is 1. The van der Waals surface area contributed by atoms with E-state index in [1.54, 1.807) is 19.1 Å². The number of carbonyl (C=O) groups excluding carboxylic acids is 2. The molecule has 0 spiro atoms. The molecule has 1 aliphatic carbocycles. The molecule has 21 heavy (non-hydrogen) atoms. The average molecular weight is 310 g/mol. The lowest BCUT2D eigenvalue weighted by Crippen LogP contribution is -2.45. The molecule has 114 valence electrons. The molecule has 1 aromatic rings. The number of ether oxygens (including phenoxy) is 1. The van der Waals surface area contributed by atoms with Crippen LogP contribution in [0.3, 0.4) is 0 Å². The molecule has 0 saturated heterocycles. The molecule has 0 bridgehead atoms. The van der Waals surface area contributed by atoms with Gasteiger partial charge in [0.25, 0.3) is 0 Å². The van der Waals surface area contributed by atoms with Crippen molar-refractivity contribution in [2.75, 3.05) is 26.6 Å². The Morgan fingerprint density at radius 3 is 2.90 bits per heavy atom. The maximum absolute atomic E-state index is 11.8. The van der Waals surface area contributed by atoms with Gasteiger partial charge in [-0.25, -0.2) is 0 Å². The van der Waals surface area contributed by atoms with Crippen LogP contribution in [0.15, 0.2) is 18.2 Å². The second kappa shape index (κ2) is 6.48. The van der Waals surface area contributed by atoms with Crippen molar-refractivity contribution in [1.29, 1.82) is 0 Å². The number of rotatable bonds is 5. The van der Waals surface area contributed by atoms with Gasteiger partial charge in [0.1, 0.15) is 17.9 Å². The molecule has 5 heteroatoms. The Labute approximate surface area is 130 Å². The van der Waals surface area contributed by atoms with Crippen LogP contribution in [-0.4, -0.2) is 43.7 Å². The molecular formula is C16H20ClNO3. The van der Waals surface area contributed by atoms with Crippen LogP contribution in [0.25, 0.3) is 0 Å². The summed E-state index contributed by atoms with van der Waals surface area (Å²) in [4.78, 5) is 25.1. The van der Waals surface area contributed by atoms with E-state index in [0.717, 1.165) is 42.4 Å². The lowest BCUT2D eigenvalue weighted by molar-refractivity contribution is -0.128. The van der Waals surface area contributed by atoms with E-state index in [4.69, 9.17) is 16.3 Å². The summed E-state index contributed by atoms with van der Waals surface area (Å²) in [7, 11) is 3.32. The molecule has 2 rings (SSSR count). The Bertz CT molecular complexity index is 546. The lowest BCUT2D eigenvalue weighted by atomic mass is 9.70. The van der Waals surface area contributed by atoms with Gasteiger partial charge in [-0.3, -0.25) is 4.79 Å². The summed E-state index contributed by atoms with van der Waals surface area (Å²) in [6.07, 6.45) is 3.57. The Morgan fingerprint density at radius 1 is 1.52 bits per heavy atom. The van der Waals surface area contributed by atoms with Crippen LogP contribution in [-0.2, 0) is 21.4 Å². The van der Waals surface area contributed by atoms with Crippen LogP contribution < -0.4 is 4.74 Å². The monoisotopic (exact) mass is 309 g/mol. The third-order valence-electron chi connectivity index (χ3n) is 4.20. The normalized spacial score (nSPS) is 20.5. The second-order valence-electron chi connectivity index (χ2n) is 5.53. The van der Waals surface area contributed by atoms with Crippen molar-refractivity contribution in [1.82, 2.24) is 4.90 Å². The zero-order chi connectivity index (χ0) is 15.5. The van der Waals surface area contributed by atoms with Gasteiger partial charge in [-0.15, -0.1) is 11.6 Å². The first kappa shape index (κ1) is 15.8. The van der Waals surface area contributed by atoms with Crippen LogP contribution in [0.5, 0.6) is 5.75 Å². The van der Waals surface area contributed by atoms with Crippen LogP contribution in [0.2, 0.25) is 0 Å². The van der Waals surface area contributed by atoms with E-state index in [-0.39, 0.29) is 11.8 Å². The highest BCUT2D eigenvalue weighted by Crippen LogP contribution is 2.38. The number of methoxy groups -OCH3 is 1. The van der Waals surface area contributed by atoms with E-state index in [2.05, 4.69) is 0 Å². The predicted molar refractivity (Wildman–Crippen MR) is 82.0 cm³/mol. The first-order valence-electron chi connectivity index (χ1n) is 7.00. The van der Waals surface area contributed by atoms with E-state index < -0.39 is 5.41 Å². The summed E-state index contributed by atoms with van der Waals surface area (Å²) in [5.41, 5.74) is 1.48. The van der Waals surface area contributed by atoms with Crippen LogP contribution >= 0.6 is 11.6 Å². The molecule has 0 N–H and O–H groups in total. The summed E-state index contributed by atoms with van der Waals surface area (Å²) < 4.78 is 5.25. The highest BCUT2D eigenvalue weighted by atomic mass is 35.5.